The first-order valence-corrected chi connectivity index (χ1v) is 6.54. The fourth-order valence-electron chi connectivity index (χ4n) is 2.58. The van der Waals surface area contributed by atoms with E-state index in [0.29, 0.717) is 13.2 Å². The van der Waals surface area contributed by atoms with Crippen LogP contribution in [0.1, 0.15) is 24.0 Å². The second-order valence-corrected chi connectivity index (χ2v) is 4.99. The molecule has 4 nitrogen and oxygen atoms in total. The van der Waals surface area contributed by atoms with Gasteiger partial charge in [-0.15, -0.1) is 12.4 Å². The predicted molar refractivity (Wildman–Crippen MR) is 76.4 cm³/mol. The Bertz CT molecular complexity index is 459. The third kappa shape index (κ3) is 3.26. The molecule has 0 unspecified atom stereocenters. The molecule has 5 heteroatoms. The monoisotopic (exact) mass is 282 g/mol. The maximum absolute atomic E-state index is 12.1. The summed E-state index contributed by atoms with van der Waals surface area (Å²) in [6.45, 7) is 3.23. The van der Waals surface area contributed by atoms with Gasteiger partial charge in [0.1, 0.15) is 0 Å². The van der Waals surface area contributed by atoms with E-state index in [1.807, 2.05) is 18.2 Å². The highest BCUT2D eigenvalue weighted by molar-refractivity contribution is 5.92. The van der Waals surface area contributed by atoms with Crippen LogP contribution in [0.25, 0.3) is 0 Å². The fourth-order valence-corrected chi connectivity index (χ4v) is 2.58. The zero-order chi connectivity index (χ0) is 12.4. The van der Waals surface area contributed by atoms with Gasteiger partial charge in [0.25, 0.3) is 0 Å². The van der Waals surface area contributed by atoms with Crippen molar-refractivity contribution in [1.82, 2.24) is 5.32 Å². The molecule has 0 aliphatic carbocycles. The molecule has 3 rings (SSSR count). The summed E-state index contributed by atoms with van der Waals surface area (Å²) in [4.78, 5) is 12.1. The zero-order valence-corrected chi connectivity index (χ0v) is 11.6. The van der Waals surface area contributed by atoms with Crippen molar-refractivity contribution in [3.05, 3.63) is 29.3 Å². The van der Waals surface area contributed by atoms with Gasteiger partial charge in [-0.1, -0.05) is 6.07 Å². The SMILES string of the molecule is Cl.O=C(Nc1ccc2c(c1)COC2)C1CCNCC1. The van der Waals surface area contributed by atoms with Crippen molar-refractivity contribution in [3.63, 3.8) is 0 Å². The van der Waals surface area contributed by atoms with E-state index in [2.05, 4.69) is 10.6 Å². The maximum atomic E-state index is 12.1. The number of hydrogen-bond donors (Lipinski definition) is 2. The van der Waals surface area contributed by atoms with Crippen LogP contribution in [0.5, 0.6) is 0 Å². The van der Waals surface area contributed by atoms with Crippen LogP contribution in [0.2, 0.25) is 0 Å². The van der Waals surface area contributed by atoms with E-state index in [0.717, 1.165) is 31.6 Å². The van der Waals surface area contributed by atoms with E-state index in [1.165, 1.54) is 11.1 Å². The van der Waals surface area contributed by atoms with E-state index in [-0.39, 0.29) is 24.2 Å². The van der Waals surface area contributed by atoms with Gasteiger partial charge in [0.2, 0.25) is 5.91 Å². The molecule has 0 spiro atoms. The van der Waals surface area contributed by atoms with E-state index in [1.54, 1.807) is 0 Å². The topological polar surface area (TPSA) is 50.4 Å². The molecule has 1 aromatic rings. The number of amides is 1. The Morgan fingerprint density at radius 1 is 1.21 bits per heavy atom. The number of ether oxygens (including phenoxy) is 1. The number of piperidine rings is 1. The van der Waals surface area contributed by atoms with Crippen LogP contribution in [0.3, 0.4) is 0 Å². The second kappa shape index (κ2) is 6.37. The molecule has 0 saturated carbocycles. The van der Waals surface area contributed by atoms with Gasteiger partial charge in [0, 0.05) is 11.6 Å². The molecule has 1 saturated heterocycles. The minimum absolute atomic E-state index is 0. The summed E-state index contributed by atoms with van der Waals surface area (Å²) in [5.41, 5.74) is 3.32. The zero-order valence-electron chi connectivity index (χ0n) is 10.8. The van der Waals surface area contributed by atoms with Gasteiger partial charge in [-0.25, -0.2) is 0 Å². The Balaban J connectivity index is 0.00000133. The summed E-state index contributed by atoms with van der Waals surface area (Å²) in [7, 11) is 0. The molecule has 1 fully saturated rings. The van der Waals surface area contributed by atoms with Crippen molar-refractivity contribution in [2.45, 2.75) is 26.1 Å². The highest BCUT2D eigenvalue weighted by Gasteiger charge is 2.21. The van der Waals surface area contributed by atoms with Crippen molar-refractivity contribution < 1.29 is 9.53 Å². The molecule has 2 aliphatic heterocycles. The Kier molecular flexibility index (Phi) is 4.80. The average Bonchev–Trinajstić information content (AvgIpc) is 2.87. The van der Waals surface area contributed by atoms with Gasteiger partial charge in [-0.05, 0) is 49.2 Å². The molecule has 0 radical (unpaired) electrons. The van der Waals surface area contributed by atoms with Crippen LogP contribution >= 0.6 is 12.4 Å². The third-order valence-corrected chi connectivity index (χ3v) is 3.70. The number of rotatable bonds is 2. The second-order valence-electron chi connectivity index (χ2n) is 4.99. The van der Waals surface area contributed by atoms with Crippen LogP contribution in [0.4, 0.5) is 5.69 Å². The summed E-state index contributed by atoms with van der Waals surface area (Å²) < 4.78 is 5.37. The first-order chi connectivity index (χ1) is 8.83. The van der Waals surface area contributed by atoms with E-state index in [9.17, 15) is 4.79 Å². The molecule has 0 atom stereocenters. The molecule has 0 aromatic heterocycles. The van der Waals surface area contributed by atoms with Crippen molar-refractivity contribution in [1.29, 1.82) is 0 Å². The molecule has 0 bridgehead atoms. The lowest BCUT2D eigenvalue weighted by atomic mass is 9.97. The number of fused-ring (bicyclic) bond motifs is 1. The smallest absolute Gasteiger partial charge is 0.227 e. The standard InChI is InChI=1S/C14H18N2O2.ClH/c17-14(10-3-5-15-6-4-10)16-13-2-1-11-8-18-9-12(11)7-13;/h1-2,7,10,15H,3-6,8-9H2,(H,16,17);1H. The van der Waals surface area contributed by atoms with Crippen LogP contribution in [0, 0.1) is 5.92 Å². The van der Waals surface area contributed by atoms with Crippen LogP contribution in [0.15, 0.2) is 18.2 Å². The van der Waals surface area contributed by atoms with E-state index >= 15 is 0 Å². The van der Waals surface area contributed by atoms with E-state index < -0.39 is 0 Å². The number of anilines is 1. The number of carbonyl (C=O) groups is 1. The summed E-state index contributed by atoms with van der Waals surface area (Å²) >= 11 is 0. The minimum Gasteiger partial charge on any atom is -0.372 e. The molecule has 1 amide bonds. The molecule has 1 aromatic carbocycles. The van der Waals surface area contributed by atoms with Gasteiger partial charge in [0.05, 0.1) is 13.2 Å². The summed E-state index contributed by atoms with van der Waals surface area (Å²) in [6.07, 6.45) is 1.86. The summed E-state index contributed by atoms with van der Waals surface area (Å²) in [5, 5.41) is 6.29. The lowest BCUT2D eigenvalue weighted by molar-refractivity contribution is -0.120. The lowest BCUT2D eigenvalue weighted by Crippen LogP contribution is -2.34. The Labute approximate surface area is 119 Å². The number of nitrogens with one attached hydrogen (secondary N) is 2. The molecule has 104 valence electrons. The van der Waals surface area contributed by atoms with Crippen LogP contribution in [-0.2, 0) is 22.7 Å². The average molecular weight is 283 g/mol. The normalized spacial score (nSPS) is 18.5. The molecule has 19 heavy (non-hydrogen) atoms. The van der Waals surface area contributed by atoms with Gasteiger partial charge >= 0.3 is 0 Å². The first kappa shape index (κ1) is 14.3. The first-order valence-electron chi connectivity index (χ1n) is 6.54. The Morgan fingerprint density at radius 3 is 2.74 bits per heavy atom. The number of carbonyl (C=O) groups excluding carboxylic acids is 1. The highest BCUT2D eigenvalue weighted by Crippen LogP contribution is 2.24. The van der Waals surface area contributed by atoms with Crippen molar-refractivity contribution in [2.24, 2.45) is 5.92 Å². The van der Waals surface area contributed by atoms with Crippen LogP contribution < -0.4 is 10.6 Å². The molecule has 2 heterocycles. The fraction of sp³-hybridized carbons (Fsp3) is 0.500. The van der Waals surface area contributed by atoms with Crippen molar-refractivity contribution >= 4 is 24.0 Å². The van der Waals surface area contributed by atoms with Crippen LogP contribution in [-0.4, -0.2) is 19.0 Å². The quantitative estimate of drug-likeness (QED) is 0.873. The number of hydrogen-bond acceptors (Lipinski definition) is 3. The summed E-state index contributed by atoms with van der Waals surface area (Å²) in [6, 6.07) is 6.04. The Hall–Kier alpha value is -1.10. The Morgan fingerprint density at radius 2 is 1.95 bits per heavy atom. The van der Waals surface area contributed by atoms with Crippen molar-refractivity contribution in [3.8, 4) is 0 Å². The largest absolute Gasteiger partial charge is 0.372 e. The van der Waals surface area contributed by atoms with Gasteiger partial charge in [0.15, 0.2) is 0 Å². The van der Waals surface area contributed by atoms with E-state index in [4.69, 9.17) is 4.74 Å². The van der Waals surface area contributed by atoms with Gasteiger partial charge in [-0.3, -0.25) is 4.79 Å². The molecule has 2 aliphatic rings. The number of halogens is 1. The maximum Gasteiger partial charge on any atom is 0.227 e. The lowest BCUT2D eigenvalue weighted by Gasteiger charge is -2.21. The third-order valence-electron chi connectivity index (χ3n) is 3.70. The van der Waals surface area contributed by atoms with Gasteiger partial charge < -0.3 is 15.4 Å². The highest BCUT2D eigenvalue weighted by atomic mass is 35.5. The molecular formula is C14H19ClN2O2. The molecular weight excluding hydrogens is 264 g/mol. The van der Waals surface area contributed by atoms with Crippen molar-refractivity contribution in [2.75, 3.05) is 18.4 Å². The predicted octanol–water partition coefficient (Wildman–Crippen LogP) is 2.08. The molecule has 2 N–H and O–H groups in total. The summed E-state index contributed by atoms with van der Waals surface area (Å²) in [5.74, 6) is 0.297. The minimum atomic E-state index is 0. The van der Waals surface area contributed by atoms with Gasteiger partial charge in [-0.2, -0.15) is 0 Å². The number of benzene rings is 1.